The van der Waals surface area contributed by atoms with Gasteiger partial charge in [-0.2, -0.15) is 5.10 Å². The van der Waals surface area contributed by atoms with Crippen LogP contribution in [0.5, 0.6) is 11.5 Å². The van der Waals surface area contributed by atoms with Gasteiger partial charge < -0.3 is 9.47 Å². The number of halogens is 1. The summed E-state index contributed by atoms with van der Waals surface area (Å²) in [7, 11) is 0. The molecule has 0 saturated heterocycles. The monoisotopic (exact) mass is 466 g/mol. The van der Waals surface area contributed by atoms with E-state index in [9.17, 15) is 9.59 Å². The van der Waals surface area contributed by atoms with E-state index in [1.165, 1.54) is 6.21 Å². The second-order valence-electron chi connectivity index (χ2n) is 6.13. The minimum Gasteiger partial charge on any atom is -0.494 e. The summed E-state index contributed by atoms with van der Waals surface area (Å²) >= 11 is 3.32. The maximum Gasteiger partial charge on any atom is 0.343 e. The second kappa shape index (κ2) is 10.4. The average molecular weight is 467 g/mol. The van der Waals surface area contributed by atoms with Gasteiger partial charge in [-0.3, -0.25) is 4.79 Å². The number of carbonyl (C=O) groups excluding carboxylic acids is 2. The van der Waals surface area contributed by atoms with Crippen LogP contribution in [0.1, 0.15) is 33.2 Å². The maximum atomic E-state index is 12.2. The van der Waals surface area contributed by atoms with Crippen molar-refractivity contribution in [2.24, 2.45) is 5.10 Å². The van der Waals surface area contributed by atoms with Crippen molar-refractivity contribution >= 4 is 34.0 Å². The number of hydrazone groups is 1. The molecule has 0 bridgehead atoms. The highest BCUT2D eigenvalue weighted by molar-refractivity contribution is 9.10. The van der Waals surface area contributed by atoms with Crippen molar-refractivity contribution < 1.29 is 19.1 Å². The van der Waals surface area contributed by atoms with Crippen LogP contribution >= 0.6 is 15.9 Å². The highest BCUT2D eigenvalue weighted by Gasteiger charge is 2.09. The van der Waals surface area contributed by atoms with Gasteiger partial charge in [-0.15, -0.1) is 0 Å². The zero-order valence-electron chi connectivity index (χ0n) is 16.2. The second-order valence-corrected chi connectivity index (χ2v) is 7.04. The third-order valence-electron chi connectivity index (χ3n) is 3.96. The lowest BCUT2D eigenvalue weighted by Crippen LogP contribution is -2.17. The van der Waals surface area contributed by atoms with Crippen molar-refractivity contribution in [3.8, 4) is 11.5 Å². The molecular formula is C23H19BrN2O4. The summed E-state index contributed by atoms with van der Waals surface area (Å²) in [5.41, 5.74) is 4.14. The number of rotatable bonds is 7. The number of hydrogen-bond donors (Lipinski definition) is 1. The van der Waals surface area contributed by atoms with Gasteiger partial charge in [0.2, 0.25) is 0 Å². The van der Waals surface area contributed by atoms with Crippen LogP contribution in [-0.4, -0.2) is 24.7 Å². The first-order valence-corrected chi connectivity index (χ1v) is 9.98. The Bertz CT molecular complexity index is 1050. The lowest BCUT2D eigenvalue weighted by molar-refractivity contribution is 0.0734. The molecule has 0 aliphatic heterocycles. The van der Waals surface area contributed by atoms with E-state index >= 15 is 0 Å². The van der Waals surface area contributed by atoms with E-state index in [-0.39, 0.29) is 5.91 Å². The molecule has 0 aliphatic carbocycles. The van der Waals surface area contributed by atoms with Crippen LogP contribution < -0.4 is 14.9 Å². The van der Waals surface area contributed by atoms with Crippen LogP contribution in [0.3, 0.4) is 0 Å². The average Bonchev–Trinajstić information content (AvgIpc) is 2.75. The molecule has 3 aromatic rings. The van der Waals surface area contributed by atoms with Gasteiger partial charge in [0.15, 0.2) is 0 Å². The van der Waals surface area contributed by atoms with E-state index < -0.39 is 5.97 Å². The summed E-state index contributed by atoms with van der Waals surface area (Å²) in [6.07, 6.45) is 1.51. The zero-order chi connectivity index (χ0) is 21.3. The van der Waals surface area contributed by atoms with Crippen LogP contribution in [0.15, 0.2) is 82.4 Å². The van der Waals surface area contributed by atoms with Crippen LogP contribution in [0.25, 0.3) is 0 Å². The van der Waals surface area contributed by atoms with Crippen molar-refractivity contribution in [3.63, 3.8) is 0 Å². The van der Waals surface area contributed by atoms with Crippen molar-refractivity contribution in [1.82, 2.24) is 5.43 Å². The summed E-state index contributed by atoms with van der Waals surface area (Å²) in [6, 6.07) is 20.6. The van der Waals surface area contributed by atoms with E-state index in [1.54, 1.807) is 66.7 Å². The molecule has 0 aliphatic rings. The van der Waals surface area contributed by atoms with Crippen molar-refractivity contribution in [2.75, 3.05) is 6.61 Å². The molecule has 1 N–H and O–H groups in total. The first-order chi connectivity index (χ1) is 14.5. The van der Waals surface area contributed by atoms with E-state index in [0.29, 0.717) is 29.2 Å². The molecule has 0 saturated carbocycles. The van der Waals surface area contributed by atoms with Crippen LogP contribution in [0.4, 0.5) is 0 Å². The number of nitrogens with zero attached hydrogens (tertiary/aromatic N) is 1. The summed E-state index contributed by atoms with van der Waals surface area (Å²) in [5, 5.41) is 3.95. The third-order valence-corrected chi connectivity index (χ3v) is 4.45. The molecule has 1 amide bonds. The molecule has 0 unspecified atom stereocenters. The number of carbonyl (C=O) groups is 2. The predicted octanol–water partition coefficient (Wildman–Crippen LogP) is 4.83. The number of ether oxygens (including phenoxy) is 2. The first kappa shape index (κ1) is 21.3. The van der Waals surface area contributed by atoms with Crippen molar-refractivity contribution in [3.05, 3.63) is 94.0 Å². The standard InChI is InChI=1S/C23H19BrN2O4/c1-2-29-20-12-8-17(9-13-20)23(28)30-21-10-6-16(7-11-21)15-25-26-22(27)18-4-3-5-19(24)14-18/h3-15H,2H2,1H3,(H,26,27)/b25-15-. The Balaban J connectivity index is 1.54. The Kier molecular flexibility index (Phi) is 7.34. The minimum atomic E-state index is -0.458. The predicted molar refractivity (Wildman–Crippen MR) is 118 cm³/mol. The molecule has 0 fully saturated rings. The normalized spacial score (nSPS) is 10.6. The van der Waals surface area contributed by atoms with Gasteiger partial charge in [0.1, 0.15) is 11.5 Å². The number of esters is 1. The topological polar surface area (TPSA) is 77.0 Å². The van der Waals surface area contributed by atoms with Crippen LogP contribution in [-0.2, 0) is 0 Å². The summed E-state index contributed by atoms with van der Waals surface area (Å²) in [4.78, 5) is 24.3. The van der Waals surface area contributed by atoms with Gasteiger partial charge in [-0.05, 0) is 79.2 Å². The first-order valence-electron chi connectivity index (χ1n) is 9.19. The van der Waals surface area contributed by atoms with Gasteiger partial charge in [0.05, 0.1) is 18.4 Å². The largest absolute Gasteiger partial charge is 0.494 e. The lowest BCUT2D eigenvalue weighted by Gasteiger charge is -2.06. The smallest absolute Gasteiger partial charge is 0.343 e. The number of hydrogen-bond acceptors (Lipinski definition) is 5. The van der Waals surface area contributed by atoms with E-state index in [1.807, 2.05) is 13.0 Å². The fourth-order valence-electron chi connectivity index (χ4n) is 2.50. The summed E-state index contributed by atoms with van der Waals surface area (Å²) in [5.74, 6) is 0.336. The molecule has 0 heterocycles. The van der Waals surface area contributed by atoms with E-state index in [0.717, 1.165) is 10.0 Å². The minimum absolute atomic E-state index is 0.312. The third kappa shape index (κ3) is 6.02. The Hall–Kier alpha value is -3.45. The highest BCUT2D eigenvalue weighted by Crippen LogP contribution is 2.16. The van der Waals surface area contributed by atoms with Gasteiger partial charge >= 0.3 is 5.97 Å². The highest BCUT2D eigenvalue weighted by atomic mass is 79.9. The quantitative estimate of drug-likeness (QED) is 0.234. The van der Waals surface area contributed by atoms with Crippen molar-refractivity contribution in [2.45, 2.75) is 6.92 Å². The zero-order valence-corrected chi connectivity index (χ0v) is 17.8. The molecule has 7 heteroatoms. The fourth-order valence-corrected chi connectivity index (χ4v) is 2.90. The molecule has 3 rings (SSSR count). The van der Waals surface area contributed by atoms with E-state index in [4.69, 9.17) is 9.47 Å². The van der Waals surface area contributed by atoms with Gasteiger partial charge in [-0.1, -0.05) is 22.0 Å². The number of amides is 1. The van der Waals surface area contributed by atoms with Gasteiger partial charge in [-0.25, -0.2) is 10.2 Å². The molecule has 0 radical (unpaired) electrons. The molecule has 3 aromatic carbocycles. The fraction of sp³-hybridized carbons (Fsp3) is 0.0870. The van der Waals surface area contributed by atoms with Gasteiger partial charge in [0, 0.05) is 10.0 Å². The number of benzene rings is 3. The molecule has 0 aromatic heterocycles. The Morgan fingerprint density at radius 1 is 0.967 bits per heavy atom. The SMILES string of the molecule is CCOc1ccc(C(=O)Oc2ccc(/C=N\NC(=O)c3cccc(Br)c3)cc2)cc1. The molecule has 0 spiro atoms. The molecule has 0 atom stereocenters. The summed E-state index contributed by atoms with van der Waals surface area (Å²) in [6.45, 7) is 2.46. The molecular weight excluding hydrogens is 448 g/mol. The molecule has 6 nitrogen and oxygen atoms in total. The van der Waals surface area contributed by atoms with Crippen LogP contribution in [0.2, 0.25) is 0 Å². The maximum absolute atomic E-state index is 12.2. The summed E-state index contributed by atoms with van der Waals surface area (Å²) < 4.78 is 11.5. The molecule has 152 valence electrons. The van der Waals surface area contributed by atoms with E-state index in [2.05, 4.69) is 26.5 Å². The van der Waals surface area contributed by atoms with Gasteiger partial charge in [0.25, 0.3) is 5.91 Å². The van der Waals surface area contributed by atoms with Crippen LogP contribution in [0, 0.1) is 0 Å². The Morgan fingerprint density at radius 3 is 2.33 bits per heavy atom. The Morgan fingerprint density at radius 2 is 1.67 bits per heavy atom. The molecule has 30 heavy (non-hydrogen) atoms. The van der Waals surface area contributed by atoms with Crippen molar-refractivity contribution in [1.29, 1.82) is 0 Å². The lowest BCUT2D eigenvalue weighted by atomic mass is 10.2. The Labute approximate surface area is 182 Å². The number of nitrogens with one attached hydrogen (secondary N) is 1.